The summed E-state index contributed by atoms with van der Waals surface area (Å²) in [4.78, 5) is 30.2. The third kappa shape index (κ3) is 6.74. The number of ether oxygens (including phenoxy) is 1. The summed E-state index contributed by atoms with van der Waals surface area (Å²) in [6, 6.07) is 23.8. The molecule has 1 saturated carbocycles. The summed E-state index contributed by atoms with van der Waals surface area (Å²) in [6.07, 6.45) is 2.39. The molecule has 0 atom stereocenters. The predicted octanol–water partition coefficient (Wildman–Crippen LogP) is 5.94. The topological polar surface area (TPSA) is 97.6 Å². The number of thiazole rings is 1. The first-order chi connectivity index (χ1) is 18.5. The molecule has 0 bridgehead atoms. The van der Waals surface area contributed by atoms with E-state index in [4.69, 9.17) is 9.72 Å². The highest BCUT2D eigenvalue weighted by atomic mass is 32.1. The average Bonchev–Trinajstić information content (AvgIpc) is 3.65. The molecule has 8 nitrogen and oxygen atoms in total. The highest BCUT2D eigenvalue weighted by molar-refractivity contribution is 7.14. The molecule has 1 aliphatic rings. The lowest BCUT2D eigenvalue weighted by atomic mass is 10.1. The van der Waals surface area contributed by atoms with E-state index in [9.17, 15) is 14.9 Å². The normalized spacial score (nSPS) is 12.6. The van der Waals surface area contributed by atoms with Crippen molar-refractivity contribution in [2.45, 2.75) is 19.4 Å². The van der Waals surface area contributed by atoms with Gasteiger partial charge in [0.2, 0.25) is 0 Å². The first-order valence-corrected chi connectivity index (χ1v) is 13.4. The van der Waals surface area contributed by atoms with E-state index in [-0.39, 0.29) is 11.6 Å². The number of rotatable bonds is 12. The number of nitrogens with one attached hydrogen (secondary N) is 1. The third-order valence-electron chi connectivity index (χ3n) is 6.33. The quantitative estimate of drug-likeness (QED) is 0.180. The first kappa shape index (κ1) is 25.4. The van der Waals surface area contributed by atoms with E-state index in [1.165, 1.54) is 36.3 Å². The number of anilines is 1. The van der Waals surface area contributed by atoms with Crippen LogP contribution in [0.15, 0.2) is 84.2 Å². The summed E-state index contributed by atoms with van der Waals surface area (Å²) in [5.74, 6) is 1.39. The molecule has 9 heteroatoms. The van der Waals surface area contributed by atoms with Gasteiger partial charge in [-0.2, -0.15) is 0 Å². The summed E-state index contributed by atoms with van der Waals surface area (Å²) in [5, 5.41) is 16.9. The number of benzene rings is 3. The third-order valence-corrected chi connectivity index (χ3v) is 7.23. The van der Waals surface area contributed by atoms with Crippen LogP contribution in [0.25, 0.3) is 11.3 Å². The lowest BCUT2D eigenvalue weighted by Crippen LogP contribution is -2.28. The molecule has 1 N–H and O–H groups in total. The molecule has 1 aromatic heterocycles. The number of carbonyl (C=O) groups is 1. The number of amides is 1. The van der Waals surface area contributed by atoms with E-state index in [0.29, 0.717) is 42.4 Å². The van der Waals surface area contributed by atoms with Gasteiger partial charge in [-0.1, -0.05) is 42.5 Å². The average molecular weight is 529 g/mol. The molecule has 1 aliphatic carbocycles. The summed E-state index contributed by atoms with van der Waals surface area (Å²) < 4.78 is 5.94. The Morgan fingerprint density at radius 2 is 1.87 bits per heavy atom. The minimum atomic E-state index is -0.403. The van der Waals surface area contributed by atoms with Crippen LogP contribution >= 0.6 is 11.3 Å². The Morgan fingerprint density at radius 3 is 2.61 bits per heavy atom. The van der Waals surface area contributed by atoms with Gasteiger partial charge in [-0.3, -0.25) is 14.9 Å². The Labute approximate surface area is 225 Å². The van der Waals surface area contributed by atoms with E-state index < -0.39 is 4.92 Å². The maximum atomic E-state index is 12.4. The molecule has 1 heterocycles. The molecule has 3 aromatic carbocycles. The number of carbonyl (C=O) groups excluding carboxylic acids is 1. The fraction of sp³-hybridized carbons (Fsp3) is 0.241. The van der Waals surface area contributed by atoms with Crippen LogP contribution in [0.1, 0.15) is 28.8 Å². The highest BCUT2D eigenvalue weighted by Crippen LogP contribution is 2.30. The van der Waals surface area contributed by atoms with Crippen LogP contribution in [0.4, 0.5) is 10.8 Å². The summed E-state index contributed by atoms with van der Waals surface area (Å²) in [5.41, 5.74) is 3.10. The molecule has 194 valence electrons. The van der Waals surface area contributed by atoms with Gasteiger partial charge in [0.1, 0.15) is 12.4 Å². The lowest BCUT2D eigenvalue weighted by molar-refractivity contribution is -0.384. The Hall–Kier alpha value is -4.24. The fourth-order valence-electron chi connectivity index (χ4n) is 4.00. The molecule has 1 fully saturated rings. The van der Waals surface area contributed by atoms with Gasteiger partial charge in [-0.05, 0) is 48.6 Å². The number of aromatic nitrogens is 1. The van der Waals surface area contributed by atoms with Crippen molar-refractivity contribution in [1.29, 1.82) is 0 Å². The minimum Gasteiger partial charge on any atom is -0.492 e. The fourth-order valence-corrected chi connectivity index (χ4v) is 4.86. The zero-order valence-corrected chi connectivity index (χ0v) is 21.6. The van der Waals surface area contributed by atoms with Gasteiger partial charge in [-0.25, -0.2) is 4.98 Å². The molecular weight excluding hydrogens is 500 g/mol. The van der Waals surface area contributed by atoms with Crippen LogP contribution in [0.5, 0.6) is 5.75 Å². The monoisotopic (exact) mass is 528 g/mol. The second kappa shape index (κ2) is 11.9. The molecule has 0 aliphatic heterocycles. The lowest BCUT2D eigenvalue weighted by Gasteiger charge is -2.22. The summed E-state index contributed by atoms with van der Waals surface area (Å²) in [7, 11) is 0. The largest absolute Gasteiger partial charge is 0.492 e. The zero-order chi connectivity index (χ0) is 26.3. The van der Waals surface area contributed by atoms with Crippen LogP contribution in [0.3, 0.4) is 0 Å². The van der Waals surface area contributed by atoms with Gasteiger partial charge < -0.3 is 15.0 Å². The smallest absolute Gasteiger partial charge is 0.270 e. The SMILES string of the molecule is O=C(NCC1CC1)c1ccc(CN(CCOc2ccccc2)c2nc(-c3cccc([N+](=O)[O-])c3)cs2)cc1. The summed E-state index contributed by atoms with van der Waals surface area (Å²) in [6.45, 7) is 2.36. The predicted molar refractivity (Wildman–Crippen MR) is 149 cm³/mol. The van der Waals surface area contributed by atoms with Crippen molar-refractivity contribution in [2.24, 2.45) is 5.92 Å². The van der Waals surface area contributed by atoms with Gasteiger partial charge in [0, 0.05) is 41.7 Å². The first-order valence-electron chi connectivity index (χ1n) is 12.6. The van der Waals surface area contributed by atoms with Crippen molar-refractivity contribution in [1.82, 2.24) is 10.3 Å². The zero-order valence-electron chi connectivity index (χ0n) is 20.8. The standard InChI is InChI=1S/C29H28N4O4S/c34-28(30-18-21-9-10-21)23-13-11-22(12-14-23)19-32(15-16-37-26-7-2-1-3-8-26)29-31-27(20-38-29)24-5-4-6-25(17-24)33(35)36/h1-8,11-14,17,20-21H,9-10,15-16,18-19H2,(H,30,34). The van der Waals surface area contributed by atoms with Crippen molar-refractivity contribution in [2.75, 3.05) is 24.6 Å². The number of hydrogen-bond acceptors (Lipinski definition) is 7. The molecule has 1 amide bonds. The van der Waals surface area contributed by atoms with Crippen LogP contribution in [0.2, 0.25) is 0 Å². The number of non-ortho nitro benzene ring substituents is 1. The Bertz CT molecular complexity index is 1390. The number of nitro groups is 1. The number of nitro benzene ring substituents is 1. The van der Waals surface area contributed by atoms with Crippen molar-refractivity contribution in [3.05, 3.63) is 105 Å². The minimum absolute atomic E-state index is 0.0337. The number of para-hydroxylation sites is 1. The Kier molecular flexibility index (Phi) is 7.94. The van der Waals surface area contributed by atoms with E-state index in [0.717, 1.165) is 23.0 Å². The molecule has 0 radical (unpaired) electrons. The Morgan fingerprint density at radius 1 is 1.08 bits per heavy atom. The van der Waals surface area contributed by atoms with E-state index >= 15 is 0 Å². The van der Waals surface area contributed by atoms with Crippen molar-refractivity contribution in [3.8, 4) is 17.0 Å². The van der Waals surface area contributed by atoms with E-state index in [1.807, 2.05) is 66.0 Å². The van der Waals surface area contributed by atoms with Crippen LogP contribution < -0.4 is 15.0 Å². The summed E-state index contributed by atoms with van der Waals surface area (Å²) >= 11 is 1.48. The second-order valence-electron chi connectivity index (χ2n) is 9.26. The maximum Gasteiger partial charge on any atom is 0.270 e. The molecule has 4 aromatic rings. The van der Waals surface area contributed by atoms with E-state index in [2.05, 4.69) is 10.2 Å². The van der Waals surface area contributed by atoms with Gasteiger partial charge in [0.05, 0.1) is 17.2 Å². The van der Waals surface area contributed by atoms with Crippen LogP contribution in [-0.2, 0) is 6.54 Å². The van der Waals surface area contributed by atoms with Crippen molar-refractivity contribution < 1.29 is 14.5 Å². The highest BCUT2D eigenvalue weighted by Gasteiger charge is 2.22. The molecule has 0 unspecified atom stereocenters. The van der Waals surface area contributed by atoms with Crippen molar-refractivity contribution in [3.63, 3.8) is 0 Å². The van der Waals surface area contributed by atoms with Gasteiger partial charge in [0.15, 0.2) is 5.13 Å². The molecule has 38 heavy (non-hydrogen) atoms. The van der Waals surface area contributed by atoms with Crippen LogP contribution in [0, 0.1) is 16.0 Å². The van der Waals surface area contributed by atoms with Gasteiger partial charge in [-0.15, -0.1) is 11.3 Å². The van der Waals surface area contributed by atoms with Gasteiger partial charge >= 0.3 is 0 Å². The molecule has 0 saturated heterocycles. The molecular formula is C29H28N4O4S. The van der Waals surface area contributed by atoms with Crippen molar-refractivity contribution >= 4 is 28.1 Å². The Balaban J connectivity index is 1.31. The van der Waals surface area contributed by atoms with E-state index in [1.54, 1.807) is 6.07 Å². The van der Waals surface area contributed by atoms with Gasteiger partial charge in [0.25, 0.3) is 11.6 Å². The number of hydrogen-bond donors (Lipinski definition) is 1. The molecule has 5 rings (SSSR count). The number of nitrogens with zero attached hydrogens (tertiary/aromatic N) is 3. The molecule has 0 spiro atoms. The maximum absolute atomic E-state index is 12.4. The second-order valence-corrected chi connectivity index (χ2v) is 10.1. The van der Waals surface area contributed by atoms with Crippen LogP contribution in [-0.4, -0.2) is 35.5 Å².